The first kappa shape index (κ1) is 19.6. The molecule has 1 saturated heterocycles. The predicted octanol–water partition coefficient (Wildman–Crippen LogP) is 3.69. The highest BCUT2D eigenvalue weighted by Gasteiger charge is 2.33. The van der Waals surface area contributed by atoms with E-state index in [9.17, 15) is 4.79 Å². The van der Waals surface area contributed by atoms with Gasteiger partial charge in [0.2, 0.25) is 5.88 Å². The van der Waals surface area contributed by atoms with Gasteiger partial charge in [-0.05, 0) is 39.8 Å². The number of pyridine rings is 2. The third-order valence-corrected chi connectivity index (χ3v) is 4.27. The van der Waals surface area contributed by atoms with E-state index in [1.807, 2.05) is 39.8 Å². The molecule has 1 fully saturated rings. The molecule has 1 amide bonds. The Balaban J connectivity index is 1.67. The minimum Gasteiger partial charge on any atom is -0.474 e. The first-order valence-corrected chi connectivity index (χ1v) is 9.26. The van der Waals surface area contributed by atoms with E-state index in [0.717, 1.165) is 5.39 Å². The van der Waals surface area contributed by atoms with Crippen molar-refractivity contribution < 1.29 is 19.0 Å². The average molecular weight is 394 g/mol. The van der Waals surface area contributed by atoms with E-state index >= 15 is 0 Å². The van der Waals surface area contributed by atoms with Gasteiger partial charge in [-0.25, -0.2) is 9.78 Å². The summed E-state index contributed by atoms with van der Waals surface area (Å²) in [5, 5.41) is 1.08. The maximum Gasteiger partial charge on any atom is 0.410 e. The van der Waals surface area contributed by atoms with Crippen LogP contribution in [0.2, 0.25) is 5.15 Å². The number of hydrogen-bond donors (Lipinski definition) is 0. The van der Waals surface area contributed by atoms with E-state index in [1.54, 1.807) is 17.2 Å². The third-order valence-electron chi connectivity index (χ3n) is 4.07. The molecule has 2 aromatic rings. The topological polar surface area (TPSA) is 73.8 Å². The summed E-state index contributed by atoms with van der Waals surface area (Å²) >= 11 is 6.06. The van der Waals surface area contributed by atoms with Crippen LogP contribution in [0.5, 0.6) is 5.88 Å². The molecule has 2 atom stereocenters. The first-order valence-electron chi connectivity index (χ1n) is 8.88. The van der Waals surface area contributed by atoms with E-state index < -0.39 is 5.60 Å². The molecule has 7 nitrogen and oxygen atoms in total. The van der Waals surface area contributed by atoms with Crippen molar-refractivity contribution in [3.63, 3.8) is 0 Å². The Morgan fingerprint density at radius 3 is 2.96 bits per heavy atom. The van der Waals surface area contributed by atoms with Crippen LogP contribution in [-0.2, 0) is 9.47 Å². The SMILES string of the molecule is C[C@H]1CO[C@H](COc2nc(Cl)cc3ncccc23)CN1C(=O)OC(C)(C)C. The molecule has 146 valence electrons. The van der Waals surface area contributed by atoms with Gasteiger partial charge in [-0.3, -0.25) is 4.98 Å². The van der Waals surface area contributed by atoms with Crippen molar-refractivity contribution in [3.8, 4) is 5.88 Å². The number of halogens is 1. The molecular formula is C19H24ClN3O4. The van der Waals surface area contributed by atoms with Gasteiger partial charge < -0.3 is 19.1 Å². The highest BCUT2D eigenvalue weighted by atomic mass is 35.5. The number of hydrogen-bond acceptors (Lipinski definition) is 6. The number of rotatable bonds is 3. The summed E-state index contributed by atoms with van der Waals surface area (Å²) in [4.78, 5) is 22.6. The number of nitrogens with zero attached hydrogens (tertiary/aromatic N) is 3. The van der Waals surface area contributed by atoms with Crippen molar-refractivity contribution in [2.75, 3.05) is 19.8 Å². The second-order valence-electron chi connectivity index (χ2n) is 7.57. The van der Waals surface area contributed by atoms with Gasteiger partial charge in [-0.1, -0.05) is 11.6 Å². The summed E-state index contributed by atoms with van der Waals surface area (Å²) in [7, 11) is 0. The summed E-state index contributed by atoms with van der Waals surface area (Å²) in [6.45, 7) is 8.51. The highest BCUT2D eigenvalue weighted by molar-refractivity contribution is 6.30. The Morgan fingerprint density at radius 2 is 2.22 bits per heavy atom. The lowest BCUT2D eigenvalue weighted by molar-refractivity contribution is -0.0776. The first-order chi connectivity index (χ1) is 12.7. The van der Waals surface area contributed by atoms with Crippen LogP contribution in [0.4, 0.5) is 4.79 Å². The van der Waals surface area contributed by atoms with Gasteiger partial charge in [0.25, 0.3) is 0 Å². The van der Waals surface area contributed by atoms with Crippen LogP contribution in [0, 0.1) is 0 Å². The lowest BCUT2D eigenvalue weighted by Gasteiger charge is -2.38. The average Bonchev–Trinajstić information content (AvgIpc) is 2.59. The van der Waals surface area contributed by atoms with E-state index in [2.05, 4.69) is 9.97 Å². The summed E-state index contributed by atoms with van der Waals surface area (Å²) < 4.78 is 17.2. The van der Waals surface area contributed by atoms with Crippen LogP contribution in [0.15, 0.2) is 24.4 Å². The number of ether oxygens (including phenoxy) is 3. The zero-order chi connectivity index (χ0) is 19.6. The van der Waals surface area contributed by atoms with E-state index in [4.69, 9.17) is 25.8 Å². The van der Waals surface area contributed by atoms with Gasteiger partial charge in [0.1, 0.15) is 23.5 Å². The van der Waals surface area contributed by atoms with Gasteiger partial charge >= 0.3 is 6.09 Å². The molecule has 0 N–H and O–H groups in total. The van der Waals surface area contributed by atoms with Crippen LogP contribution >= 0.6 is 11.6 Å². The maximum atomic E-state index is 12.4. The normalized spacial score (nSPS) is 20.6. The fourth-order valence-electron chi connectivity index (χ4n) is 2.79. The van der Waals surface area contributed by atoms with Gasteiger partial charge in [-0.15, -0.1) is 0 Å². The summed E-state index contributed by atoms with van der Waals surface area (Å²) in [6, 6.07) is 5.31. The maximum absolute atomic E-state index is 12.4. The summed E-state index contributed by atoms with van der Waals surface area (Å²) in [6.07, 6.45) is 1.05. The largest absolute Gasteiger partial charge is 0.474 e. The molecule has 0 radical (unpaired) electrons. The molecule has 3 heterocycles. The van der Waals surface area contributed by atoms with Gasteiger partial charge in [0, 0.05) is 12.3 Å². The minimum absolute atomic E-state index is 0.0644. The minimum atomic E-state index is -0.544. The second kappa shape index (κ2) is 7.86. The molecule has 0 aliphatic carbocycles. The lowest BCUT2D eigenvalue weighted by atomic mass is 10.2. The van der Waals surface area contributed by atoms with Crippen molar-refractivity contribution in [2.24, 2.45) is 0 Å². The molecule has 0 saturated carbocycles. The fraction of sp³-hybridized carbons (Fsp3) is 0.526. The summed E-state index contributed by atoms with van der Waals surface area (Å²) in [5.41, 5.74) is 0.165. The number of carbonyl (C=O) groups excluding carboxylic acids is 1. The Morgan fingerprint density at radius 1 is 1.44 bits per heavy atom. The zero-order valence-corrected chi connectivity index (χ0v) is 16.7. The molecule has 0 spiro atoms. The number of morpholine rings is 1. The Hall–Kier alpha value is -2.12. The van der Waals surface area contributed by atoms with Crippen LogP contribution in [0.25, 0.3) is 10.9 Å². The molecule has 0 aromatic carbocycles. The molecule has 1 aliphatic rings. The number of aromatic nitrogens is 2. The number of fused-ring (bicyclic) bond motifs is 1. The molecular weight excluding hydrogens is 370 g/mol. The molecule has 2 aromatic heterocycles. The van der Waals surface area contributed by atoms with Crippen molar-refractivity contribution in [1.29, 1.82) is 0 Å². The van der Waals surface area contributed by atoms with E-state index in [0.29, 0.717) is 29.7 Å². The standard InChI is InChI=1S/C19H24ClN3O4/c1-12-10-25-13(9-23(12)18(24)27-19(2,3)4)11-26-17-14-6-5-7-21-15(14)8-16(20)22-17/h5-8,12-13H,9-11H2,1-4H3/t12-,13-/m0/s1. The zero-order valence-electron chi connectivity index (χ0n) is 15.9. The monoisotopic (exact) mass is 393 g/mol. The van der Waals surface area contributed by atoms with Crippen molar-refractivity contribution in [3.05, 3.63) is 29.5 Å². The Bertz CT molecular complexity index is 824. The van der Waals surface area contributed by atoms with E-state index in [-0.39, 0.29) is 24.8 Å². The fourth-order valence-corrected chi connectivity index (χ4v) is 2.97. The third kappa shape index (κ3) is 4.99. The van der Waals surface area contributed by atoms with Crippen LogP contribution < -0.4 is 4.74 Å². The molecule has 8 heteroatoms. The quantitative estimate of drug-likeness (QED) is 0.740. The van der Waals surface area contributed by atoms with Crippen LogP contribution in [0.1, 0.15) is 27.7 Å². The molecule has 0 bridgehead atoms. The van der Waals surface area contributed by atoms with E-state index in [1.165, 1.54) is 0 Å². The Labute approximate surface area is 163 Å². The van der Waals surface area contributed by atoms with Gasteiger partial charge in [-0.2, -0.15) is 0 Å². The Kier molecular flexibility index (Phi) is 5.72. The smallest absolute Gasteiger partial charge is 0.410 e. The highest BCUT2D eigenvalue weighted by Crippen LogP contribution is 2.25. The van der Waals surface area contributed by atoms with Crippen molar-refractivity contribution in [2.45, 2.75) is 45.4 Å². The van der Waals surface area contributed by atoms with Crippen molar-refractivity contribution in [1.82, 2.24) is 14.9 Å². The molecule has 3 rings (SSSR count). The van der Waals surface area contributed by atoms with Crippen molar-refractivity contribution >= 4 is 28.6 Å². The predicted molar refractivity (Wildman–Crippen MR) is 102 cm³/mol. The molecule has 0 unspecified atom stereocenters. The number of carbonyl (C=O) groups is 1. The lowest BCUT2D eigenvalue weighted by Crippen LogP contribution is -2.53. The van der Waals surface area contributed by atoms with Crippen LogP contribution in [0.3, 0.4) is 0 Å². The van der Waals surface area contributed by atoms with Gasteiger partial charge in [0.15, 0.2) is 0 Å². The molecule has 27 heavy (non-hydrogen) atoms. The van der Waals surface area contributed by atoms with Gasteiger partial charge in [0.05, 0.1) is 30.1 Å². The second-order valence-corrected chi connectivity index (χ2v) is 7.96. The number of amides is 1. The summed E-state index contributed by atoms with van der Waals surface area (Å²) in [5.74, 6) is 0.400. The van der Waals surface area contributed by atoms with Crippen LogP contribution in [-0.4, -0.2) is 58.5 Å². The molecule has 1 aliphatic heterocycles.